The fraction of sp³-hybridized carbons (Fsp3) is 0.317. The monoisotopic (exact) mass is 617 g/mol. The largest absolute Gasteiger partial charge is 0.458 e. The van der Waals surface area contributed by atoms with Crippen LogP contribution in [0.5, 0.6) is 23.0 Å². The van der Waals surface area contributed by atoms with Gasteiger partial charge in [0.05, 0.1) is 17.1 Å². The summed E-state index contributed by atoms with van der Waals surface area (Å²) in [6.07, 6.45) is 15.8. The van der Waals surface area contributed by atoms with E-state index in [-0.39, 0.29) is 6.71 Å². The second-order valence-corrected chi connectivity index (χ2v) is 9.55. The quantitative estimate of drug-likeness (QED) is 0.254. The molecule has 0 aromatic heterocycles. The number of rotatable bonds is 1. The molecule has 0 N–H and O–H groups in total. The Morgan fingerprint density at radius 1 is 0.609 bits per heavy atom. The van der Waals surface area contributed by atoms with Crippen LogP contribution in [0, 0.1) is 0 Å². The average Bonchev–Trinajstić information content (AvgIpc) is 3.40. The molecule has 0 saturated heterocycles. The first-order valence-corrected chi connectivity index (χ1v) is 17.5. The number of para-hydroxylation sites is 3. The van der Waals surface area contributed by atoms with E-state index in [0.29, 0.717) is 0 Å². The predicted molar refractivity (Wildman–Crippen MR) is 200 cm³/mol. The summed E-state index contributed by atoms with van der Waals surface area (Å²) in [5.41, 5.74) is 6.51. The second kappa shape index (κ2) is 17.9. The minimum atomic E-state index is 0.0677. The Bertz CT molecular complexity index is 1610. The van der Waals surface area contributed by atoms with Crippen LogP contribution in [0.1, 0.15) is 88.5 Å². The Balaban J connectivity index is 0.000000530. The molecule has 3 heterocycles. The van der Waals surface area contributed by atoms with E-state index in [2.05, 4.69) is 83.8 Å². The van der Waals surface area contributed by atoms with E-state index in [1.807, 2.05) is 87.4 Å². The molecule has 0 atom stereocenters. The zero-order valence-electron chi connectivity index (χ0n) is 29.6. The Morgan fingerprint density at radius 2 is 1.24 bits per heavy atom. The van der Waals surface area contributed by atoms with Crippen LogP contribution in [-0.2, 0) is 0 Å². The van der Waals surface area contributed by atoms with Crippen molar-refractivity contribution < 1.29 is 14.2 Å². The third-order valence-electron chi connectivity index (χ3n) is 7.42. The van der Waals surface area contributed by atoms with Gasteiger partial charge in [-0.2, -0.15) is 0 Å². The summed E-state index contributed by atoms with van der Waals surface area (Å²) < 4.78 is 19.5. The number of nitrogens with zero attached hydrogens (tertiary/aromatic N) is 1. The highest BCUT2D eigenvalue weighted by Gasteiger charge is 2.41. The summed E-state index contributed by atoms with van der Waals surface area (Å²) in [6.45, 7) is 20.1. The lowest BCUT2D eigenvalue weighted by atomic mass is 9.34. The van der Waals surface area contributed by atoms with Crippen molar-refractivity contribution in [1.29, 1.82) is 0 Å². The molecular weight excluding hydrogens is 565 g/mol. The van der Waals surface area contributed by atoms with E-state index in [1.54, 1.807) is 0 Å². The lowest BCUT2D eigenvalue weighted by Gasteiger charge is -2.37. The van der Waals surface area contributed by atoms with Crippen molar-refractivity contribution in [2.45, 2.75) is 88.5 Å². The molecular formula is C41H52BNO3. The first kappa shape index (κ1) is 36.1. The van der Waals surface area contributed by atoms with Gasteiger partial charge < -0.3 is 19.1 Å². The Labute approximate surface area is 278 Å². The topological polar surface area (TPSA) is 30.9 Å². The molecule has 5 aliphatic rings. The molecule has 0 unspecified atom stereocenters. The lowest BCUT2D eigenvalue weighted by Crippen LogP contribution is -2.51. The maximum atomic E-state index is 6.60. The zero-order chi connectivity index (χ0) is 33.6. The number of ether oxygens (including phenoxy) is 3. The second-order valence-electron chi connectivity index (χ2n) is 9.55. The van der Waals surface area contributed by atoms with E-state index < -0.39 is 0 Å². The van der Waals surface area contributed by atoms with E-state index >= 15 is 0 Å². The number of anilines is 2. The summed E-state index contributed by atoms with van der Waals surface area (Å²) in [4.78, 5) is 2.27. The Kier molecular flexibility index (Phi) is 14.1. The molecule has 2 aliphatic carbocycles. The van der Waals surface area contributed by atoms with Crippen LogP contribution in [0.15, 0.2) is 120 Å². The molecule has 46 heavy (non-hydrogen) atoms. The first-order chi connectivity index (χ1) is 22.8. The summed E-state index contributed by atoms with van der Waals surface area (Å²) in [5.74, 6) is 5.34. The molecule has 5 heteroatoms. The number of benzene rings is 3. The fourth-order valence-electron chi connectivity index (χ4n) is 5.86. The van der Waals surface area contributed by atoms with Gasteiger partial charge in [0.15, 0.2) is 5.75 Å². The van der Waals surface area contributed by atoms with Crippen molar-refractivity contribution >= 4 is 29.0 Å². The smallest absolute Gasteiger partial charge is 0.260 e. The van der Waals surface area contributed by atoms with Gasteiger partial charge in [-0.1, -0.05) is 124 Å². The van der Waals surface area contributed by atoms with E-state index in [0.717, 1.165) is 76.3 Å². The van der Waals surface area contributed by atoms with E-state index in [9.17, 15) is 0 Å². The molecule has 0 amide bonds. The molecule has 242 valence electrons. The highest BCUT2D eigenvalue weighted by molar-refractivity contribution is 6.93. The molecule has 3 aliphatic heterocycles. The number of hydrogen-bond donors (Lipinski definition) is 0. The number of hydrogen-bond acceptors (Lipinski definition) is 4. The lowest BCUT2D eigenvalue weighted by molar-refractivity contribution is 0.388. The number of allylic oxidation sites excluding steroid dienone is 8. The van der Waals surface area contributed by atoms with Gasteiger partial charge in [-0.05, 0) is 54.1 Å². The molecule has 0 bridgehead atoms. The highest BCUT2D eigenvalue weighted by atomic mass is 16.5. The van der Waals surface area contributed by atoms with Crippen molar-refractivity contribution in [1.82, 2.24) is 0 Å². The van der Waals surface area contributed by atoms with Crippen molar-refractivity contribution in [3.8, 4) is 23.0 Å². The summed E-state index contributed by atoms with van der Waals surface area (Å²) >= 11 is 0. The minimum Gasteiger partial charge on any atom is -0.458 e. The molecule has 3 aromatic carbocycles. The van der Waals surface area contributed by atoms with Crippen LogP contribution in [-0.4, -0.2) is 6.71 Å². The van der Waals surface area contributed by atoms with E-state index in [1.165, 1.54) is 10.9 Å². The maximum absolute atomic E-state index is 6.60. The average molecular weight is 618 g/mol. The molecule has 4 nitrogen and oxygen atoms in total. The van der Waals surface area contributed by atoms with Crippen molar-refractivity contribution in [3.63, 3.8) is 0 Å². The van der Waals surface area contributed by atoms with Crippen LogP contribution >= 0.6 is 0 Å². The van der Waals surface area contributed by atoms with Gasteiger partial charge in [0.1, 0.15) is 28.8 Å². The van der Waals surface area contributed by atoms with Gasteiger partial charge in [0.25, 0.3) is 6.71 Å². The van der Waals surface area contributed by atoms with Crippen LogP contribution in [0.25, 0.3) is 0 Å². The van der Waals surface area contributed by atoms with Crippen molar-refractivity contribution in [3.05, 3.63) is 120 Å². The van der Waals surface area contributed by atoms with Crippen LogP contribution in [0.2, 0.25) is 0 Å². The number of fused-ring (bicyclic) bond motifs is 4. The summed E-state index contributed by atoms with van der Waals surface area (Å²) in [5, 5.41) is 0. The Morgan fingerprint density at radius 3 is 1.98 bits per heavy atom. The van der Waals surface area contributed by atoms with Gasteiger partial charge >= 0.3 is 0 Å². The van der Waals surface area contributed by atoms with Gasteiger partial charge in [-0.15, -0.1) is 0 Å². The maximum Gasteiger partial charge on any atom is 0.260 e. The first-order valence-electron chi connectivity index (χ1n) is 17.5. The van der Waals surface area contributed by atoms with Gasteiger partial charge in [0, 0.05) is 24.0 Å². The SMILES string of the molecule is C1=CC2=C(C=CC1)B1c3ccccc3Oc3cc(N4C5=C(CCC=C5)Oc5ccccc54)cc(c31)O2.CC.CC.CC.CC.CC. The normalized spacial score (nSPS) is 14.9. The Hall–Kier alpha value is -4.38. The molecule has 8 rings (SSSR count). The third kappa shape index (κ3) is 6.89. The molecule has 0 radical (unpaired) electrons. The summed E-state index contributed by atoms with van der Waals surface area (Å²) in [7, 11) is 0. The molecule has 0 fully saturated rings. The van der Waals surface area contributed by atoms with Gasteiger partial charge in [-0.3, -0.25) is 0 Å². The molecule has 0 saturated carbocycles. The highest BCUT2D eigenvalue weighted by Crippen LogP contribution is 2.47. The van der Waals surface area contributed by atoms with Gasteiger partial charge in [0.2, 0.25) is 0 Å². The standard InChI is InChI=1S/C31H22BNO3.5C2H6/c1-2-10-21-25(14-3-1)34-29-18-20(19-30-31(29)32(21)22-11-4-7-15-26(22)35-30)33-23-12-5-8-16-27(23)36-28-17-9-6-13-24(28)33;5*1-2/h2-8,10-16,18-19H,1,9,17H2;5*1-2H3. The molecule has 0 spiro atoms. The minimum absolute atomic E-state index is 0.0677. The third-order valence-corrected chi connectivity index (χ3v) is 7.42. The van der Waals surface area contributed by atoms with E-state index in [4.69, 9.17) is 14.2 Å². The van der Waals surface area contributed by atoms with Crippen LogP contribution in [0.4, 0.5) is 11.4 Å². The van der Waals surface area contributed by atoms with Crippen LogP contribution in [0.3, 0.4) is 0 Å². The van der Waals surface area contributed by atoms with Crippen molar-refractivity contribution in [2.24, 2.45) is 0 Å². The van der Waals surface area contributed by atoms with Gasteiger partial charge in [-0.25, -0.2) is 0 Å². The molecule has 3 aromatic rings. The summed E-state index contributed by atoms with van der Waals surface area (Å²) in [6, 6.07) is 20.9. The zero-order valence-corrected chi connectivity index (χ0v) is 29.6. The predicted octanol–water partition coefficient (Wildman–Crippen LogP) is 11.3. The van der Waals surface area contributed by atoms with Crippen LogP contribution < -0.4 is 30.0 Å². The fourth-order valence-corrected chi connectivity index (χ4v) is 5.86. The van der Waals surface area contributed by atoms with Crippen molar-refractivity contribution in [2.75, 3.05) is 4.90 Å².